The van der Waals surface area contributed by atoms with Crippen molar-refractivity contribution in [3.63, 3.8) is 0 Å². The van der Waals surface area contributed by atoms with Crippen LogP contribution in [0.1, 0.15) is 39.6 Å². The molecule has 0 atom stereocenters. The third-order valence-corrected chi connectivity index (χ3v) is 6.63. The van der Waals surface area contributed by atoms with Crippen molar-refractivity contribution in [2.24, 2.45) is 0 Å². The second kappa shape index (κ2) is 10.0. The Morgan fingerprint density at radius 1 is 0.774 bits per heavy atom. The number of carbonyl (C=O) groups excluding carboxylic acids is 2. The van der Waals surface area contributed by atoms with Gasteiger partial charge in [0.15, 0.2) is 9.84 Å². The molecule has 0 spiro atoms. The molecule has 3 aromatic rings. The number of hydrogen-bond acceptors (Lipinski definition) is 4. The molecular weight excluding hydrogens is 412 g/mol. The largest absolute Gasteiger partial charge is 0.348 e. The number of para-hydroxylation sites is 1. The number of anilines is 1. The van der Waals surface area contributed by atoms with Gasteiger partial charge in [0.25, 0.3) is 11.8 Å². The minimum absolute atomic E-state index is 0.0136. The lowest BCUT2D eigenvalue weighted by atomic mass is 10.1. The van der Waals surface area contributed by atoms with Gasteiger partial charge in [0.1, 0.15) is 0 Å². The fourth-order valence-corrected chi connectivity index (χ4v) is 4.70. The Kier molecular flexibility index (Phi) is 7.20. The summed E-state index contributed by atoms with van der Waals surface area (Å²) in [4.78, 5) is 25.6. The first kappa shape index (κ1) is 22.2. The van der Waals surface area contributed by atoms with Crippen molar-refractivity contribution in [2.75, 3.05) is 11.1 Å². The maximum absolute atomic E-state index is 12.9. The highest BCUT2D eigenvalue weighted by Crippen LogP contribution is 2.21. The fourth-order valence-electron chi connectivity index (χ4n) is 3.16. The van der Waals surface area contributed by atoms with Crippen LogP contribution >= 0.6 is 0 Å². The van der Waals surface area contributed by atoms with Crippen LogP contribution < -0.4 is 10.6 Å². The van der Waals surface area contributed by atoms with Crippen molar-refractivity contribution in [1.29, 1.82) is 0 Å². The third-order valence-electron chi connectivity index (χ3n) is 4.66. The van der Waals surface area contributed by atoms with Gasteiger partial charge in [-0.2, -0.15) is 0 Å². The Morgan fingerprint density at radius 3 is 2.10 bits per heavy atom. The first-order chi connectivity index (χ1) is 14.9. The SMILES string of the molecule is CCCS(=O)(=O)c1ccccc1C(=O)Nc1ccccc1C(=O)NCc1ccccc1. The molecule has 2 amide bonds. The number of hydrogen-bond donors (Lipinski definition) is 2. The molecule has 3 rings (SSSR count). The minimum Gasteiger partial charge on any atom is -0.348 e. The molecule has 0 bridgehead atoms. The molecule has 6 nitrogen and oxygen atoms in total. The van der Waals surface area contributed by atoms with Crippen LogP contribution in [0.5, 0.6) is 0 Å². The van der Waals surface area contributed by atoms with E-state index in [1.54, 1.807) is 43.3 Å². The van der Waals surface area contributed by atoms with E-state index < -0.39 is 15.7 Å². The van der Waals surface area contributed by atoms with Gasteiger partial charge in [0, 0.05) is 6.54 Å². The van der Waals surface area contributed by atoms with E-state index in [0.29, 0.717) is 24.2 Å². The van der Waals surface area contributed by atoms with Gasteiger partial charge in [-0.1, -0.05) is 61.5 Å². The third kappa shape index (κ3) is 5.58. The average molecular weight is 437 g/mol. The second-order valence-electron chi connectivity index (χ2n) is 6.98. The molecule has 0 aliphatic rings. The monoisotopic (exact) mass is 436 g/mol. The van der Waals surface area contributed by atoms with Gasteiger partial charge in [0.2, 0.25) is 0 Å². The summed E-state index contributed by atoms with van der Waals surface area (Å²) in [6.07, 6.45) is 0.447. The lowest BCUT2D eigenvalue weighted by molar-refractivity contribution is 0.0951. The highest BCUT2D eigenvalue weighted by molar-refractivity contribution is 7.91. The number of carbonyl (C=O) groups is 2. The first-order valence-corrected chi connectivity index (χ1v) is 11.6. The van der Waals surface area contributed by atoms with Gasteiger partial charge in [0.05, 0.1) is 27.5 Å². The predicted molar refractivity (Wildman–Crippen MR) is 121 cm³/mol. The molecule has 160 valence electrons. The zero-order valence-electron chi connectivity index (χ0n) is 17.2. The zero-order valence-corrected chi connectivity index (χ0v) is 18.0. The van der Waals surface area contributed by atoms with Crippen LogP contribution in [0, 0.1) is 0 Å². The predicted octanol–water partition coefficient (Wildman–Crippen LogP) is 4.05. The normalized spacial score (nSPS) is 11.0. The lowest BCUT2D eigenvalue weighted by Gasteiger charge is -2.13. The van der Waals surface area contributed by atoms with Crippen LogP contribution in [-0.2, 0) is 16.4 Å². The first-order valence-electron chi connectivity index (χ1n) is 9.96. The Balaban J connectivity index is 1.82. The van der Waals surface area contributed by atoms with E-state index in [1.807, 2.05) is 30.3 Å². The van der Waals surface area contributed by atoms with Crippen molar-refractivity contribution in [3.8, 4) is 0 Å². The molecular formula is C24H24N2O4S. The van der Waals surface area contributed by atoms with E-state index in [4.69, 9.17) is 0 Å². The van der Waals surface area contributed by atoms with Gasteiger partial charge < -0.3 is 10.6 Å². The fraction of sp³-hybridized carbons (Fsp3) is 0.167. The smallest absolute Gasteiger partial charge is 0.257 e. The van der Waals surface area contributed by atoms with Crippen LogP contribution in [0.15, 0.2) is 83.8 Å². The van der Waals surface area contributed by atoms with Gasteiger partial charge in [-0.05, 0) is 36.2 Å². The van der Waals surface area contributed by atoms with Crippen LogP contribution in [0.2, 0.25) is 0 Å². The van der Waals surface area contributed by atoms with Crippen LogP contribution in [0.25, 0.3) is 0 Å². The van der Waals surface area contributed by atoms with E-state index in [9.17, 15) is 18.0 Å². The Labute approximate surface area is 182 Å². The summed E-state index contributed by atoms with van der Waals surface area (Å²) in [5.41, 5.74) is 1.60. The maximum Gasteiger partial charge on any atom is 0.257 e. The summed E-state index contributed by atoms with van der Waals surface area (Å²) in [5, 5.41) is 5.53. The Hall–Kier alpha value is -3.45. The van der Waals surface area contributed by atoms with E-state index in [1.165, 1.54) is 12.1 Å². The molecule has 0 heterocycles. The highest BCUT2D eigenvalue weighted by atomic mass is 32.2. The number of sulfone groups is 1. The molecule has 2 N–H and O–H groups in total. The summed E-state index contributed by atoms with van der Waals surface area (Å²) >= 11 is 0. The Bertz CT molecular complexity index is 1170. The van der Waals surface area contributed by atoms with Gasteiger partial charge >= 0.3 is 0 Å². The van der Waals surface area contributed by atoms with Crippen LogP contribution in [0.4, 0.5) is 5.69 Å². The second-order valence-corrected chi connectivity index (χ2v) is 9.06. The van der Waals surface area contributed by atoms with Crippen molar-refractivity contribution >= 4 is 27.3 Å². The maximum atomic E-state index is 12.9. The zero-order chi connectivity index (χ0) is 22.3. The molecule has 0 fully saturated rings. The van der Waals surface area contributed by atoms with Gasteiger partial charge in [-0.25, -0.2) is 8.42 Å². The van der Waals surface area contributed by atoms with E-state index in [0.717, 1.165) is 5.56 Å². The minimum atomic E-state index is -3.58. The summed E-state index contributed by atoms with van der Waals surface area (Å²) in [6.45, 7) is 2.12. The van der Waals surface area contributed by atoms with Crippen LogP contribution in [-0.4, -0.2) is 26.0 Å². The highest BCUT2D eigenvalue weighted by Gasteiger charge is 2.22. The number of amides is 2. The quantitative estimate of drug-likeness (QED) is 0.557. The van der Waals surface area contributed by atoms with Gasteiger partial charge in [-0.3, -0.25) is 9.59 Å². The van der Waals surface area contributed by atoms with E-state index in [2.05, 4.69) is 10.6 Å². The molecule has 0 saturated carbocycles. The molecule has 0 aliphatic carbocycles. The number of nitrogens with one attached hydrogen (secondary N) is 2. The molecule has 0 saturated heterocycles. The topological polar surface area (TPSA) is 92.3 Å². The van der Waals surface area contributed by atoms with E-state index in [-0.39, 0.29) is 22.1 Å². The van der Waals surface area contributed by atoms with Gasteiger partial charge in [-0.15, -0.1) is 0 Å². The molecule has 7 heteroatoms. The molecule has 0 unspecified atom stereocenters. The van der Waals surface area contributed by atoms with Crippen molar-refractivity contribution in [3.05, 3.63) is 95.6 Å². The van der Waals surface area contributed by atoms with Crippen molar-refractivity contribution < 1.29 is 18.0 Å². The summed E-state index contributed by atoms with van der Waals surface area (Å²) in [7, 11) is -3.58. The molecule has 0 aromatic heterocycles. The summed E-state index contributed by atoms with van der Waals surface area (Å²) in [5.74, 6) is -0.972. The van der Waals surface area contributed by atoms with E-state index >= 15 is 0 Å². The average Bonchev–Trinajstić information content (AvgIpc) is 2.78. The molecule has 31 heavy (non-hydrogen) atoms. The standard InChI is InChI=1S/C24H24N2O4S/c1-2-16-31(29,30)22-15-9-7-13-20(22)24(28)26-21-14-8-6-12-19(21)23(27)25-17-18-10-4-3-5-11-18/h3-15H,2,16-17H2,1H3,(H,25,27)(H,26,28). The molecule has 3 aromatic carbocycles. The van der Waals surface area contributed by atoms with Crippen LogP contribution in [0.3, 0.4) is 0 Å². The summed E-state index contributed by atoms with van der Waals surface area (Å²) in [6, 6.07) is 22.2. The number of benzene rings is 3. The summed E-state index contributed by atoms with van der Waals surface area (Å²) < 4.78 is 25.1. The number of rotatable bonds is 8. The molecule has 0 radical (unpaired) electrons. The molecule has 0 aliphatic heterocycles. The lowest BCUT2D eigenvalue weighted by Crippen LogP contribution is -2.25. The van der Waals surface area contributed by atoms with Crippen molar-refractivity contribution in [2.45, 2.75) is 24.8 Å². The van der Waals surface area contributed by atoms with Crippen molar-refractivity contribution in [1.82, 2.24) is 5.32 Å². The Morgan fingerprint density at radius 2 is 1.39 bits per heavy atom.